The summed E-state index contributed by atoms with van der Waals surface area (Å²) in [6, 6.07) is 9.92. The summed E-state index contributed by atoms with van der Waals surface area (Å²) in [6.45, 7) is 5.14. The van der Waals surface area contributed by atoms with Gasteiger partial charge in [0.1, 0.15) is 0 Å². The van der Waals surface area contributed by atoms with Crippen molar-refractivity contribution >= 4 is 28.9 Å². The molecule has 6 heteroatoms. The van der Waals surface area contributed by atoms with Crippen molar-refractivity contribution in [1.29, 1.82) is 0 Å². The number of amides is 1. The number of benzene rings is 1. The lowest BCUT2D eigenvalue weighted by atomic mass is 10.2. The molecule has 2 aliphatic rings. The van der Waals surface area contributed by atoms with Crippen LogP contribution in [0.25, 0.3) is 0 Å². The van der Waals surface area contributed by atoms with E-state index < -0.39 is 0 Å². The van der Waals surface area contributed by atoms with Gasteiger partial charge in [-0.1, -0.05) is 30.5 Å². The van der Waals surface area contributed by atoms with Gasteiger partial charge >= 0.3 is 0 Å². The van der Waals surface area contributed by atoms with Crippen LogP contribution in [0.1, 0.15) is 36.0 Å². The van der Waals surface area contributed by atoms with Gasteiger partial charge in [-0.2, -0.15) is 0 Å². The van der Waals surface area contributed by atoms with Gasteiger partial charge in [0.15, 0.2) is 0 Å². The minimum absolute atomic E-state index is 0.0786. The number of piperazine rings is 1. The summed E-state index contributed by atoms with van der Waals surface area (Å²) in [5, 5.41) is 0.743. The van der Waals surface area contributed by atoms with Crippen molar-refractivity contribution in [1.82, 2.24) is 9.88 Å². The van der Waals surface area contributed by atoms with E-state index in [2.05, 4.69) is 20.9 Å². The highest BCUT2D eigenvalue weighted by Gasteiger charge is 2.23. The van der Waals surface area contributed by atoms with E-state index in [0.29, 0.717) is 18.7 Å². The van der Waals surface area contributed by atoms with Gasteiger partial charge < -0.3 is 14.7 Å². The van der Waals surface area contributed by atoms with Crippen molar-refractivity contribution in [2.45, 2.75) is 25.7 Å². The molecule has 0 aliphatic carbocycles. The molecule has 4 rings (SSSR count). The highest BCUT2D eigenvalue weighted by molar-refractivity contribution is 6.30. The highest BCUT2D eigenvalue weighted by Crippen LogP contribution is 2.23. The third kappa shape index (κ3) is 4.41. The van der Waals surface area contributed by atoms with Gasteiger partial charge in [-0.05, 0) is 37.1 Å². The molecule has 0 atom stereocenters. The summed E-state index contributed by atoms with van der Waals surface area (Å²) >= 11 is 6.11. The van der Waals surface area contributed by atoms with E-state index in [-0.39, 0.29) is 5.91 Å². The zero-order chi connectivity index (χ0) is 19.3. The molecule has 2 aliphatic heterocycles. The van der Waals surface area contributed by atoms with E-state index in [1.54, 1.807) is 6.20 Å². The lowest BCUT2D eigenvalue weighted by Crippen LogP contribution is -2.48. The molecule has 5 nitrogen and oxygen atoms in total. The van der Waals surface area contributed by atoms with Gasteiger partial charge in [-0.25, -0.2) is 0 Å². The molecule has 0 saturated carbocycles. The number of aromatic nitrogens is 1. The van der Waals surface area contributed by atoms with Crippen LogP contribution in [0.3, 0.4) is 0 Å². The predicted molar refractivity (Wildman–Crippen MR) is 114 cm³/mol. The van der Waals surface area contributed by atoms with Crippen molar-refractivity contribution < 1.29 is 4.79 Å². The Kier molecular flexibility index (Phi) is 6.01. The Morgan fingerprint density at radius 3 is 2.25 bits per heavy atom. The van der Waals surface area contributed by atoms with Gasteiger partial charge in [0.05, 0.1) is 17.4 Å². The SMILES string of the molecule is O=C(c1cncc(N2CCCCCC2)c1)N1CCN(c2cccc(Cl)c2)CC1. The first-order chi connectivity index (χ1) is 13.7. The summed E-state index contributed by atoms with van der Waals surface area (Å²) < 4.78 is 0. The summed E-state index contributed by atoms with van der Waals surface area (Å²) in [5.74, 6) is 0.0786. The fourth-order valence-electron chi connectivity index (χ4n) is 4.07. The summed E-state index contributed by atoms with van der Waals surface area (Å²) in [6.07, 6.45) is 8.60. The minimum atomic E-state index is 0.0786. The van der Waals surface area contributed by atoms with Gasteiger partial charge in [0.25, 0.3) is 5.91 Å². The largest absolute Gasteiger partial charge is 0.370 e. The normalized spacial score (nSPS) is 18.1. The maximum Gasteiger partial charge on any atom is 0.255 e. The number of carbonyl (C=O) groups is 1. The smallest absolute Gasteiger partial charge is 0.255 e. The zero-order valence-electron chi connectivity index (χ0n) is 16.2. The zero-order valence-corrected chi connectivity index (χ0v) is 16.9. The standard InChI is InChI=1S/C22H27ClN4O/c23-19-6-5-7-20(15-19)26-10-12-27(13-11-26)22(28)18-14-21(17-24-16-18)25-8-3-1-2-4-9-25/h5-7,14-17H,1-4,8-13H2. The van der Waals surface area contributed by atoms with E-state index in [9.17, 15) is 4.79 Å². The average molecular weight is 399 g/mol. The number of pyridine rings is 1. The third-order valence-corrected chi connectivity index (χ3v) is 5.92. The molecular weight excluding hydrogens is 372 g/mol. The second-order valence-corrected chi connectivity index (χ2v) is 8.03. The minimum Gasteiger partial charge on any atom is -0.370 e. The Morgan fingerprint density at radius 2 is 1.54 bits per heavy atom. The van der Waals surface area contributed by atoms with Crippen LogP contribution in [0.4, 0.5) is 11.4 Å². The topological polar surface area (TPSA) is 39.7 Å². The summed E-state index contributed by atoms with van der Waals surface area (Å²) in [7, 11) is 0. The molecule has 2 fully saturated rings. The third-order valence-electron chi connectivity index (χ3n) is 5.68. The molecule has 148 valence electrons. The van der Waals surface area contributed by atoms with Crippen LogP contribution in [0.2, 0.25) is 5.02 Å². The van der Waals surface area contributed by atoms with Crippen LogP contribution in [0, 0.1) is 0 Å². The van der Waals surface area contributed by atoms with Crippen molar-refractivity contribution in [2.75, 3.05) is 49.1 Å². The quantitative estimate of drug-likeness (QED) is 0.781. The summed E-state index contributed by atoms with van der Waals surface area (Å²) in [4.78, 5) is 24.0. The van der Waals surface area contributed by atoms with Crippen molar-refractivity contribution in [3.63, 3.8) is 0 Å². The number of anilines is 2. The monoisotopic (exact) mass is 398 g/mol. The van der Waals surface area contributed by atoms with Crippen LogP contribution < -0.4 is 9.80 Å². The van der Waals surface area contributed by atoms with E-state index in [4.69, 9.17) is 11.6 Å². The number of nitrogens with zero attached hydrogens (tertiary/aromatic N) is 4. The maximum atomic E-state index is 13.0. The number of halogens is 1. The molecule has 2 saturated heterocycles. The molecule has 28 heavy (non-hydrogen) atoms. The van der Waals surface area contributed by atoms with Crippen LogP contribution in [-0.2, 0) is 0 Å². The Hall–Kier alpha value is -2.27. The predicted octanol–water partition coefficient (Wildman–Crippen LogP) is 4.08. The second kappa shape index (κ2) is 8.82. The molecule has 1 aromatic carbocycles. The first kappa shape index (κ1) is 19.1. The first-order valence-electron chi connectivity index (χ1n) is 10.2. The van der Waals surface area contributed by atoms with Crippen LogP contribution in [-0.4, -0.2) is 55.1 Å². The molecule has 0 N–H and O–H groups in total. The Morgan fingerprint density at radius 1 is 0.821 bits per heavy atom. The molecule has 3 heterocycles. The Labute approximate surface area is 171 Å². The van der Waals surface area contributed by atoms with Gasteiger partial charge in [-0.3, -0.25) is 9.78 Å². The van der Waals surface area contributed by atoms with Crippen LogP contribution >= 0.6 is 11.6 Å². The number of hydrogen-bond donors (Lipinski definition) is 0. The summed E-state index contributed by atoms with van der Waals surface area (Å²) in [5.41, 5.74) is 2.88. The average Bonchev–Trinajstić information content (AvgIpc) is 3.03. The fourth-order valence-corrected chi connectivity index (χ4v) is 4.25. The fraction of sp³-hybridized carbons (Fsp3) is 0.455. The Bertz CT molecular complexity index is 812. The van der Waals surface area contributed by atoms with E-state index in [0.717, 1.165) is 42.6 Å². The molecular formula is C22H27ClN4O. The van der Waals surface area contributed by atoms with Crippen molar-refractivity contribution in [2.24, 2.45) is 0 Å². The van der Waals surface area contributed by atoms with E-state index in [1.807, 2.05) is 35.4 Å². The first-order valence-corrected chi connectivity index (χ1v) is 10.6. The van der Waals surface area contributed by atoms with Gasteiger partial charge in [0.2, 0.25) is 0 Å². The Balaban J connectivity index is 1.40. The van der Waals surface area contributed by atoms with Crippen molar-refractivity contribution in [3.05, 3.63) is 53.3 Å². The molecule has 0 bridgehead atoms. The number of rotatable bonds is 3. The number of hydrogen-bond acceptors (Lipinski definition) is 4. The molecule has 0 unspecified atom stereocenters. The lowest BCUT2D eigenvalue weighted by Gasteiger charge is -2.36. The molecule has 2 aromatic rings. The van der Waals surface area contributed by atoms with Crippen LogP contribution in [0.5, 0.6) is 0 Å². The highest BCUT2D eigenvalue weighted by atomic mass is 35.5. The van der Waals surface area contributed by atoms with Crippen molar-refractivity contribution in [3.8, 4) is 0 Å². The number of carbonyl (C=O) groups excluding carboxylic acids is 1. The van der Waals surface area contributed by atoms with Crippen LogP contribution in [0.15, 0.2) is 42.7 Å². The molecule has 1 amide bonds. The van der Waals surface area contributed by atoms with E-state index >= 15 is 0 Å². The molecule has 0 spiro atoms. The lowest BCUT2D eigenvalue weighted by molar-refractivity contribution is 0.0746. The van der Waals surface area contributed by atoms with Gasteiger partial charge in [-0.15, -0.1) is 0 Å². The molecule has 0 radical (unpaired) electrons. The van der Waals surface area contributed by atoms with E-state index in [1.165, 1.54) is 25.7 Å². The molecule has 1 aromatic heterocycles. The van der Waals surface area contributed by atoms with Gasteiger partial charge in [0, 0.05) is 56.2 Å². The second-order valence-electron chi connectivity index (χ2n) is 7.59. The maximum absolute atomic E-state index is 13.0.